The van der Waals surface area contributed by atoms with Crippen LogP contribution in [-0.4, -0.2) is 28.1 Å². The highest BCUT2D eigenvalue weighted by Gasteiger charge is 2.35. The van der Waals surface area contributed by atoms with Crippen molar-refractivity contribution in [3.8, 4) is 0 Å². The quantitative estimate of drug-likeness (QED) is 0.378. The van der Waals surface area contributed by atoms with Gasteiger partial charge in [-0.3, -0.25) is 25.7 Å². The summed E-state index contributed by atoms with van der Waals surface area (Å²) >= 11 is 0. The molecule has 2 aromatic carbocycles. The second-order valence-corrected chi connectivity index (χ2v) is 8.52. The molecule has 1 N–H and O–H groups in total. The Hall–Kier alpha value is -3.49. The maximum atomic E-state index is 11.3. The lowest BCUT2D eigenvalue weighted by molar-refractivity contribution is -0.393. The summed E-state index contributed by atoms with van der Waals surface area (Å²) < 4.78 is 0. The zero-order chi connectivity index (χ0) is 22.9. The number of hydrazone groups is 1. The summed E-state index contributed by atoms with van der Waals surface area (Å²) in [6.07, 6.45) is 2.67. The monoisotopic (exact) mass is 425 g/mol. The van der Waals surface area contributed by atoms with E-state index in [2.05, 4.69) is 55.3 Å². The fraction of sp³-hybridized carbons (Fsp3) is 0.409. The van der Waals surface area contributed by atoms with E-state index in [0.717, 1.165) is 30.2 Å². The largest absolute Gasteiger partial charge is 0.366 e. The summed E-state index contributed by atoms with van der Waals surface area (Å²) in [7, 11) is 0. The van der Waals surface area contributed by atoms with Gasteiger partial charge in [0.2, 0.25) is 0 Å². The van der Waals surface area contributed by atoms with Crippen LogP contribution < -0.4 is 10.3 Å². The highest BCUT2D eigenvalue weighted by Crippen LogP contribution is 2.44. The number of nitro groups is 2. The third-order valence-corrected chi connectivity index (χ3v) is 5.87. The third kappa shape index (κ3) is 4.35. The molecule has 9 heteroatoms. The predicted molar refractivity (Wildman–Crippen MR) is 122 cm³/mol. The maximum Gasteiger partial charge on any atom is 0.301 e. The molecule has 0 fully saturated rings. The number of nitro benzene ring substituents is 2. The lowest BCUT2D eigenvalue weighted by Gasteiger charge is -2.47. The number of hydrogen-bond donors (Lipinski definition) is 1. The maximum absolute atomic E-state index is 11.3. The van der Waals surface area contributed by atoms with Crippen LogP contribution in [0.4, 0.5) is 22.7 Å². The minimum atomic E-state index is -0.669. The van der Waals surface area contributed by atoms with Crippen LogP contribution in [0, 0.1) is 27.2 Å². The molecular weight excluding hydrogens is 398 g/mol. The summed E-state index contributed by atoms with van der Waals surface area (Å²) in [5.74, 6) is 0.393. The molecule has 0 amide bonds. The molecule has 31 heavy (non-hydrogen) atoms. The van der Waals surface area contributed by atoms with Gasteiger partial charge < -0.3 is 4.90 Å². The van der Waals surface area contributed by atoms with Crippen LogP contribution in [0.3, 0.4) is 0 Å². The molecule has 1 atom stereocenters. The van der Waals surface area contributed by atoms with Gasteiger partial charge in [0.05, 0.1) is 22.1 Å². The summed E-state index contributed by atoms with van der Waals surface area (Å²) in [6, 6.07) is 7.72. The molecular formula is C22H27N5O4. The van der Waals surface area contributed by atoms with E-state index in [4.69, 9.17) is 0 Å². The van der Waals surface area contributed by atoms with Gasteiger partial charge in [0.25, 0.3) is 5.69 Å². The van der Waals surface area contributed by atoms with Crippen molar-refractivity contribution in [2.75, 3.05) is 16.9 Å². The molecule has 0 bridgehead atoms. The van der Waals surface area contributed by atoms with Crippen molar-refractivity contribution in [2.24, 2.45) is 5.10 Å². The Bertz CT molecular complexity index is 1060. The zero-order valence-corrected chi connectivity index (χ0v) is 18.4. The first kappa shape index (κ1) is 22.2. The van der Waals surface area contributed by atoms with Crippen LogP contribution in [0.5, 0.6) is 0 Å². The number of benzene rings is 2. The Balaban J connectivity index is 1.90. The lowest BCUT2D eigenvalue weighted by Crippen LogP contribution is -2.48. The Morgan fingerprint density at radius 3 is 2.55 bits per heavy atom. The van der Waals surface area contributed by atoms with Gasteiger partial charge in [-0.05, 0) is 74.9 Å². The Labute approximate surface area is 181 Å². The number of nitrogens with zero attached hydrogens (tertiary/aromatic N) is 4. The molecule has 1 heterocycles. The van der Waals surface area contributed by atoms with E-state index in [9.17, 15) is 20.2 Å². The normalized spacial score (nSPS) is 17.5. The third-order valence-electron chi connectivity index (χ3n) is 5.87. The van der Waals surface area contributed by atoms with E-state index in [-0.39, 0.29) is 16.9 Å². The number of rotatable bonds is 6. The summed E-state index contributed by atoms with van der Waals surface area (Å²) in [6.45, 7) is 11.8. The molecule has 0 aliphatic carbocycles. The molecule has 1 unspecified atom stereocenters. The van der Waals surface area contributed by atoms with Gasteiger partial charge >= 0.3 is 5.69 Å². The highest BCUT2D eigenvalue weighted by atomic mass is 16.6. The molecule has 2 aromatic rings. The topological polar surface area (TPSA) is 114 Å². The van der Waals surface area contributed by atoms with E-state index in [1.807, 2.05) is 6.92 Å². The Kier molecular flexibility index (Phi) is 5.97. The van der Waals surface area contributed by atoms with E-state index < -0.39 is 15.5 Å². The minimum Gasteiger partial charge on any atom is -0.366 e. The average molecular weight is 425 g/mol. The van der Waals surface area contributed by atoms with Crippen molar-refractivity contribution in [2.45, 2.75) is 52.5 Å². The summed E-state index contributed by atoms with van der Waals surface area (Å²) in [4.78, 5) is 23.2. The molecule has 3 rings (SSSR count). The van der Waals surface area contributed by atoms with Crippen molar-refractivity contribution in [1.82, 2.24) is 0 Å². The van der Waals surface area contributed by atoms with Gasteiger partial charge in [0, 0.05) is 23.8 Å². The van der Waals surface area contributed by atoms with Crippen molar-refractivity contribution in [3.05, 3.63) is 67.3 Å². The molecule has 0 spiro atoms. The molecule has 0 saturated heterocycles. The highest BCUT2D eigenvalue weighted by molar-refractivity contribution is 5.85. The van der Waals surface area contributed by atoms with Gasteiger partial charge in [-0.15, -0.1) is 0 Å². The molecule has 1 aliphatic heterocycles. The molecule has 0 aromatic heterocycles. The number of non-ortho nitro benzene ring substituents is 1. The fourth-order valence-corrected chi connectivity index (χ4v) is 4.44. The Morgan fingerprint density at radius 1 is 1.23 bits per heavy atom. The van der Waals surface area contributed by atoms with Crippen LogP contribution in [-0.2, 0) is 0 Å². The van der Waals surface area contributed by atoms with Gasteiger partial charge in [-0.25, -0.2) is 0 Å². The minimum absolute atomic E-state index is 0.0830. The van der Waals surface area contributed by atoms with Crippen LogP contribution >= 0.6 is 0 Å². The summed E-state index contributed by atoms with van der Waals surface area (Å²) in [5, 5.41) is 26.3. The van der Waals surface area contributed by atoms with Crippen molar-refractivity contribution in [3.63, 3.8) is 0 Å². The first-order valence-electron chi connectivity index (χ1n) is 10.2. The predicted octanol–water partition coefficient (Wildman–Crippen LogP) is 5.37. The van der Waals surface area contributed by atoms with E-state index >= 15 is 0 Å². The van der Waals surface area contributed by atoms with E-state index in [1.54, 1.807) is 6.21 Å². The number of hydrogen-bond acceptors (Lipinski definition) is 7. The van der Waals surface area contributed by atoms with Gasteiger partial charge in [-0.1, -0.05) is 6.92 Å². The van der Waals surface area contributed by atoms with Crippen molar-refractivity contribution < 1.29 is 9.85 Å². The van der Waals surface area contributed by atoms with E-state index in [1.165, 1.54) is 23.4 Å². The van der Waals surface area contributed by atoms with Gasteiger partial charge in [0.15, 0.2) is 0 Å². The number of fused-ring (bicyclic) bond motifs is 1. The van der Waals surface area contributed by atoms with Crippen LogP contribution in [0.25, 0.3) is 0 Å². The lowest BCUT2D eigenvalue weighted by atomic mass is 9.79. The molecule has 164 valence electrons. The smallest absolute Gasteiger partial charge is 0.301 e. The van der Waals surface area contributed by atoms with Crippen LogP contribution in [0.15, 0.2) is 35.4 Å². The fourth-order valence-electron chi connectivity index (χ4n) is 4.44. The van der Waals surface area contributed by atoms with Crippen molar-refractivity contribution >= 4 is 29.0 Å². The Morgan fingerprint density at radius 2 is 1.94 bits per heavy atom. The first-order chi connectivity index (χ1) is 14.5. The number of aryl methyl sites for hydroxylation is 1. The standard InChI is InChI=1S/C22H27N5O4/c1-6-25-20-9-14(2)16(10-18(20)15(3)12-22(25,4)5)13-23-24-19-8-7-17(26(28)29)11-21(19)27(30)31/h7-11,13,15,24H,6,12H2,1-5H3/b23-13-. The molecule has 0 saturated carbocycles. The molecule has 9 nitrogen and oxygen atoms in total. The zero-order valence-electron chi connectivity index (χ0n) is 18.4. The van der Waals surface area contributed by atoms with Crippen LogP contribution in [0.2, 0.25) is 0 Å². The SMILES string of the molecule is CCN1c2cc(C)c(/C=N\Nc3ccc([N+](=O)[O-])cc3[N+](=O)[O-])cc2C(C)CC1(C)C. The van der Waals surface area contributed by atoms with Gasteiger partial charge in [-0.2, -0.15) is 5.10 Å². The van der Waals surface area contributed by atoms with Gasteiger partial charge in [0.1, 0.15) is 5.69 Å². The molecule has 1 aliphatic rings. The number of nitrogens with one attached hydrogen (secondary N) is 1. The van der Waals surface area contributed by atoms with Crippen molar-refractivity contribution in [1.29, 1.82) is 0 Å². The summed E-state index contributed by atoms with van der Waals surface area (Å²) in [5.41, 5.74) is 6.54. The molecule has 0 radical (unpaired) electrons. The second-order valence-electron chi connectivity index (χ2n) is 8.52. The number of anilines is 2. The first-order valence-corrected chi connectivity index (χ1v) is 10.2. The van der Waals surface area contributed by atoms with E-state index in [0.29, 0.717) is 5.92 Å². The average Bonchev–Trinajstić information content (AvgIpc) is 2.68. The van der Waals surface area contributed by atoms with Crippen LogP contribution in [0.1, 0.15) is 56.7 Å². The second kappa shape index (κ2) is 8.33.